The Hall–Kier alpha value is -0.960. The van der Waals surface area contributed by atoms with E-state index >= 15 is 0 Å². The standard InChI is InChI=1S/C14H16F2O/c15-9-4-5-12(16)8(6-9)7-13(17)14-10-2-1-3-11(10)14/h4-6,10-11,13-14,17H,1-3,7H2. The summed E-state index contributed by atoms with van der Waals surface area (Å²) in [5.41, 5.74) is 0.294. The Kier molecular flexibility index (Phi) is 2.66. The Morgan fingerprint density at radius 3 is 2.65 bits per heavy atom. The minimum absolute atomic E-state index is 0.237. The molecule has 0 radical (unpaired) electrons. The molecule has 3 heteroatoms. The molecule has 0 bridgehead atoms. The molecule has 0 heterocycles. The zero-order chi connectivity index (χ0) is 12.0. The van der Waals surface area contributed by atoms with Gasteiger partial charge in [-0.1, -0.05) is 6.42 Å². The fraction of sp³-hybridized carbons (Fsp3) is 0.571. The van der Waals surface area contributed by atoms with Gasteiger partial charge in [-0.2, -0.15) is 0 Å². The third-order valence-corrected chi connectivity index (χ3v) is 4.35. The first-order valence-electron chi connectivity index (χ1n) is 6.29. The van der Waals surface area contributed by atoms with Crippen LogP contribution in [0.5, 0.6) is 0 Å². The lowest BCUT2D eigenvalue weighted by atomic mass is 9.99. The third kappa shape index (κ3) is 1.97. The number of rotatable bonds is 3. The minimum atomic E-state index is -0.512. The number of aliphatic hydroxyl groups excluding tert-OH is 1. The monoisotopic (exact) mass is 238 g/mol. The second kappa shape index (κ2) is 4.05. The van der Waals surface area contributed by atoms with Gasteiger partial charge in [-0.25, -0.2) is 8.78 Å². The van der Waals surface area contributed by atoms with E-state index in [9.17, 15) is 13.9 Å². The molecule has 0 saturated heterocycles. The fourth-order valence-corrected chi connectivity index (χ4v) is 3.51. The van der Waals surface area contributed by atoms with Gasteiger partial charge in [0.1, 0.15) is 11.6 Å². The Balaban J connectivity index is 1.68. The highest BCUT2D eigenvalue weighted by atomic mass is 19.1. The van der Waals surface area contributed by atoms with Gasteiger partial charge in [-0.15, -0.1) is 0 Å². The summed E-state index contributed by atoms with van der Waals surface area (Å²) in [5.74, 6) is 0.746. The van der Waals surface area contributed by atoms with Crippen LogP contribution < -0.4 is 0 Å². The van der Waals surface area contributed by atoms with Crippen molar-refractivity contribution in [1.82, 2.24) is 0 Å². The molecular formula is C14H16F2O. The molecule has 2 aliphatic rings. The predicted molar refractivity (Wildman–Crippen MR) is 60.4 cm³/mol. The number of benzene rings is 1. The normalized spacial score (nSPS) is 32.3. The minimum Gasteiger partial charge on any atom is -0.392 e. The molecule has 17 heavy (non-hydrogen) atoms. The lowest BCUT2D eigenvalue weighted by molar-refractivity contribution is 0.134. The van der Waals surface area contributed by atoms with Gasteiger partial charge in [0.15, 0.2) is 0 Å². The fourth-order valence-electron chi connectivity index (χ4n) is 3.51. The van der Waals surface area contributed by atoms with Crippen LogP contribution in [0.1, 0.15) is 24.8 Å². The van der Waals surface area contributed by atoms with E-state index in [-0.39, 0.29) is 6.42 Å². The Labute approximate surface area is 99.5 Å². The summed E-state index contributed by atoms with van der Waals surface area (Å²) in [6.45, 7) is 0. The van der Waals surface area contributed by atoms with Crippen molar-refractivity contribution < 1.29 is 13.9 Å². The summed E-state index contributed by atoms with van der Waals surface area (Å²) in [6.07, 6.45) is 3.37. The smallest absolute Gasteiger partial charge is 0.126 e. The van der Waals surface area contributed by atoms with Crippen molar-refractivity contribution in [2.75, 3.05) is 0 Å². The van der Waals surface area contributed by atoms with Gasteiger partial charge >= 0.3 is 0 Å². The molecule has 2 saturated carbocycles. The van der Waals surface area contributed by atoms with Crippen LogP contribution in [-0.2, 0) is 6.42 Å². The van der Waals surface area contributed by atoms with Gasteiger partial charge in [0.25, 0.3) is 0 Å². The summed E-state index contributed by atoms with van der Waals surface area (Å²) in [6, 6.07) is 3.43. The average Bonchev–Trinajstić information content (AvgIpc) is 2.78. The molecule has 3 atom stereocenters. The van der Waals surface area contributed by atoms with Crippen LogP contribution in [-0.4, -0.2) is 11.2 Å². The maximum absolute atomic E-state index is 13.4. The predicted octanol–water partition coefficient (Wildman–Crippen LogP) is 2.91. The van der Waals surface area contributed by atoms with Crippen LogP contribution >= 0.6 is 0 Å². The molecule has 0 spiro atoms. The maximum atomic E-state index is 13.4. The first kappa shape index (κ1) is 11.1. The van der Waals surface area contributed by atoms with E-state index in [4.69, 9.17) is 0 Å². The molecule has 2 aliphatic carbocycles. The molecule has 0 aromatic heterocycles. The highest BCUT2D eigenvalue weighted by Gasteiger charge is 2.55. The largest absolute Gasteiger partial charge is 0.392 e. The lowest BCUT2D eigenvalue weighted by Crippen LogP contribution is -2.17. The molecule has 1 aromatic rings. The van der Waals surface area contributed by atoms with Crippen molar-refractivity contribution in [3.05, 3.63) is 35.4 Å². The van der Waals surface area contributed by atoms with E-state index in [0.717, 1.165) is 12.1 Å². The highest BCUT2D eigenvalue weighted by Crippen LogP contribution is 2.59. The van der Waals surface area contributed by atoms with Crippen LogP contribution in [0.25, 0.3) is 0 Å². The second-order valence-electron chi connectivity index (χ2n) is 5.34. The number of aliphatic hydroxyl groups is 1. The van der Waals surface area contributed by atoms with Gasteiger partial charge in [0.2, 0.25) is 0 Å². The van der Waals surface area contributed by atoms with Crippen molar-refractivity contribution in [1.29, 1.82) is 0 Å². The first-order valence-corrected chi connectivity index (χ1v) is 6.29. The molecule has 1 aromatic carbocycles. The number of hydrogen-bond donors (Lipinski definition) is 1. The van der Waals surface area contributed by atoms with Gasteiger partial charge in [0.05, 0.1) is 6.10 Å². The van der Waals surface area contributed by atoms with E-state index in [2.05, 4.69) is 0 Å². The van der Waals surface area contributed by atoms with Gasteiger partial charge in [-0.3, -0.25) is 0 Å². The highest BCUT2D eigenvalue weighted by molar-refractivity contribution is 5.20. The van der Waals surface area contributed by atoms with E-state index < -0.39 is 17.7 Å². The maximum Gasteiger partial charge on any atom is 0.126 e. The molecule has 1 nitrogen and oxygen atoms in total. The summed E-state index contributed by atoms with van der Waals surface area (Å²) in [5, 5.41) is 10.1. The Bertz CT molecular complexity index is 422. The zero-order valence-corrected chi connectivity index (χ0v) is 9.57. The molecule has 1 N–H and O–H groups in total. The van der Waals surface area contributed by atoms with Crippen molar-refractivity contribution in [3.8, 4) is 0 Å². The molecular weight excluding hydrogens is 222 g/mol. The van der Waals surface area contributed by atoms with E-state index in [1.165, 1.54) is 25.3 Å². The topological polar surface area (TPSA) is 20.2 Å². The molecule has 3 rings (SSSR count). The number of halogens is 2. The van der Waals surface area contributed by atoms with Crippen LogP contribution in [0.2, 0.25) is 0 Å². The second-order valence-corrected chi connectivity index (χ2v) is 5.34. The summed E-state index contributed by atoms with van der Waals surface area (Å²) < 4.78 is 26.4. The third-order valence-electron chi connectivity index (χ3n) is 4.35. The van der Waals surface area contributed by atoms with Gasteiger partial charge < -0.3 is 5.11 Å². The van der Waals surface area contributed by atoms with Crippen LogP contribution in [0.3, 0.4) is 0 Å². The van der Waals surface area contributed by atoms with E-state index in [1.54, 1.807) is 0 Å². The molecule has 2 fully saturated rings. The number of hydrogen-bond acceptors (Lipinski definition) is 1. The molecule has 0 aliphatic heterocycles. The SMILES string of the molecule is OC(Cc1cc(F)ccc1F)C1C2CCCC21. The lowest BCUT2D eigenvalue weighted by Gasteiger charge is -2.13. The van der Waals surface area contributed by atoms with Crippen molar-refractivity contribution in [2.24, 2.45) is 17.8 Å². The Morgan fingerprint density at radius 2 is 1.94 bits per heavy atom. The van der Waals surface area contributed by atoms with Gasteiger partial charge in [-0.05, 0) is 54.4 Å². The van der Waals surface area contributed by atoms with Crippen LogP contribution in [0, 0.1) is 29.4 Å². The quantitative estimate of drug-likeness (QED) is 0.858. The number of fused-ring (bicyclic) bond motifs is 1. The van der Waals surface area contributed by atoms with Crippen LogP contribution in [0.15, 0.2) is 18.2 Å². The zero-order valence-electron chi connectivity index (χ0n) is 9.57. The molecule has 0 amide bonds. The van der Waals surface area contributed by atoms with Crippen LogP contribution in [0.4, 0.5) is 8.78 Å². The molecule has 92 valence electrons. The van der Waals surface area contributed by atoms with Crippen molar-refractivity contribution >= 4 is 0 Å². The van der Waals surface area contributed by atoms with E-state index in [0.29, 0.717) is 23.3 Å². The summed E-state index contributed by atoms with van der Waals surface area (Å²) >= 11 is 0. The van der Waals surface area contributed by atoms with E-state index in [1.807, 2.05) is 0 Å². The van der Waals surface area contributed by atoms with Crippen molar-refractivity contribution in [3.63, 3.8) is 0 Å². The average molecular weight is 238 g/mol. The summed E-state index contributed by atoms with van der Waals surface area (Å²) in [4.78, 5) is 0. The summed E-state index contributed by atoms with van der Waals surface area (Å²) in [7, 11) is 0. The van der Waals surface area contributed by atoms with Gasteiger partial charge in [0, 0.05) is 6.42 Å². The van der Waals surface area contributed by atoms with Crippen molar-refractivity contribution in [2.45, 2.75) is 31.8 Å². The first-order chi connectivity index (χ1) is 8.16. The Morgan fingerprint density at radius 1 is 1.24 bits per heavy atom. The molecule has 3 unspecified atom stereocenters.